The Kier molecular flexibility index (Phi) is 5.53. The van der Waals surface area contributed by atoms with E-state index in [2.05, 4.69) is 20.3 Å². The highest BCUT2D eigenvalue weighted by atomic mass is 79.9. The summed E-state index contributed by atoms with van der Waals surface area (Å²) >= 11 is 3.39. The van der Waals surface area contributed by atoms with Crippen LogP contribution in [0.5, 0.6) is 0 Å². The molecule has 1 aromatic carbocycles. The average Bonchev–Trinajstić information content (AvgIpc) is 2.29. The molecule has 0 aliphatic heterocycles. The Hall–Kier alpha value is -0.680. The van der Waals surface area contributed by atoms with Crippen molar-refractivity contribution in [2.75, 3.05) is 7.11 Å². The van der Waals surface area contributed by atoms with Crippen molar-refractivity contribution in [3.63, 3.8) is 0 Å². The van der Waals surface area contributed by atoms with E-state index < -0.39 is 11.0 Å². The van der Waals surface area contributed by atoms with Gasteiger partial charge in [0.05, 0.1) is 11.9 Å². The fourth-order valence-electron chi connectivity index (χ4n) is 1.15. The van der Waals surface area contributed by atoms with Crippen molar-refractivity contribution in [3.05, 3.63) is 34.3 Å². The van der Waals surface area contributed by atoms with E-state index in [0.717, 1.165) is 10.0 Å². The summed E-state index contributed by atoms with van der Waals surface area (Å²) in [5.74, 6) is 0.491. The first-order valence-corrected chi connectivity index (χ1v) is 7.51. The van der Waals surface area contributed by atoms with E-state index in [-0.39, 0.29) is 4.75 Å². The Morgan fingerprint density at radius 1 is 1.33 bits per heavy atom. The highest BCUT2D eigenvalue weighted by molar-refractivity contribution is 9.10. The lowest BCUT2D eigenvalue weighted by Crippen LogP contribution is -2.21. The van der Waals surface area contributed by atoms with Crippen molar-refractivity contribution < 1.29 is 8.95 Å². The second kappa shape index (κ2) is 6.48. The normalized spacial score (nSPS) is 14.4. The van der Waals surface area contributed by atoms with Gasteiger partial charge in [0.1, 0.15) is 11.0 Å². The van der Waals surface area contributed by atoms with Gasteiger partial charge in [0, 0.05) is 10.9 Å². The summed E-state index contributed by atoms with van der Waals surface area (Å²) in [7, 11) is 0.261. The maximum atomic E-state index is 11.9. The van der Waals surface area contributed by atoms with Crippen LogP contribution in [0.25, 0.3) is 0 Å². The number of nitrogens with zero attached hydrogens (tertiary/aromatic N) is 1. The molecule has 3 nitrogen and oxygen atoms in total. The van der Waals surface area contributed by atoms with Gasteiger partial charge in [-0.25, -0.2) is 4.21 Å². The van der Waals surface area contributed by atoms with Gasteiger partial charge in [-0.2, -0.15) is 4.40 Å². The number of rotatable bonds is 3. The molecule has 0 aromatic heterocycles. The Morgan fingerprint density at radius 2 is 1.89 bits per heavy atom. The molecule has 1 rings (SSSR count). The maximum absolute atomic E-state index is 11.9. The topological polar surface area (TPSA) is 38.7 Å². The summed E-state index contributed by atoms with van der Waals surface area (Å²) < 4.78 is 21.9. The molecule has 5 heteroatoms. The summed E-state index contributed by atoms with van der Waals surface area (Å²) in [6.07, 6.45) is 0.547. The van der Waals surface area contributed by atoms with E-state index >= 15 is 0 Å². The van der Waals surface area contributed by atoms with Gasteiger partial charge >= 0.3 is 0 Å². The molecular formula is C13H18BrNO2S. The Labute approximate surface area is 119 Å². The van der Waals surface area contributed by atoms with Gasteiger partial charge < -0.3 is 4.74 Å². The fourth-order valence-corrected chi connectivity index (χ4v) is 2.01. The first-order chi connectivity index (χ1) is 8.32. The monoisotopic (exact) mass is 331 g/mol. The molecule has 18 heavy (non-hydrogen) atoms. The fraction of sp³-hybridized carbons (Fsp3) is 0.462. The van der Waals surface area contributed by atoms with Gasteiger partial charge in [0.2, 0.25) is 5.90 Å². The lowest BCUT2D eigenvalue weighted by Gasteiger charge is -2.14. The van der Waals surface area contributed by atoms with Crippen LogP contribution in [0, 0.1) is 0 Å². The van der Waals surface area contributed by atoms with E-state index in [4.69, 9.17) is 4.74 Å². The van der Waals surface area contributed by atoms with Crippen LogP contribution in [0.2, 0.25) is 0 Å². The average molecular weight is 332 g/mol. The summed E-state index contributed by atoms with van der Waals surface area (Å²) in [6, 6.07) is 7.89. The van der Waals surface area contributed by atoms with Crippen molar-refractivity contribution in [1.29, 1.82) is 0 Å². The first-order valence-electron chi connectivity index (χ1n) is 5.61. The van der Waals surface area contributed by atoms with Crippen LogP contribution in [0.15, 0.2) is 33.1 Å². The molecule has 1 aromatic rings. The number of hydrogen-bond donors (Lipinski definition) is 0. The molecule has 100 valence electrons. The molecule has 0 saturated carbocycles. The minimum absolute atomic E-state index is 0.372. The van der Waals surface area contributed by atoms with Crippen LogP contribution >= 0.6 is 15.9 Å². The van der Waals surface area contributed by atoms with Gasteiger partial charge in [-0.05, 0) is 38.5 Å². The molecular weight excluding hydrogens is 314 g/mol. The van der Waals surface area contributed by atoms with Crippen LogP contribution < -0.4 is 0 Å². The highest BCUT2D eigenvalue weighted by Crippen LogP contribution is 2.15. The third-order valence-corrected chi connectivity index (χ3v) is 4.16. The van der Waals surface area contributed by atoms with Crippen molar-refractivity contribution in [1.82, 2.24) is 0 Å². The molecule has 0 spiro atoms. The zero-order chi connectivity index (χ0) is 13.8. The van der Waals surface area contributed by atoms with Crippen molar-refractivity contribution >= 4 is 32.8 Å². The molecule has 0 amide bonds. The van der Waals surface area contributed by atoms with Gasteiger partial charge in [-0.3, -0.25) is 0 Å². The number of ether oxygens (including phenoxy) is 1. The summed E-state index contributed by atoms with van der Waals surface area (Å²) in [5.41, 5.74) is 1.07. The second-order valence-corrected chi connectivity index (χ2v) is 7.68. The number of benzene rings is 1. The quantitative estimate of drug-likeness (QED) is 0.628. The Bertz CT molecular complexity index is 449. The maximum Gasteiger partial charge on any atom is 0.201 e. The summed E-state index contributed by atoms with van der Waals surface area (Å²) in [6.45, 7) is 5.67. The summed E-state index contributed by atoms with van der Waals surface area (Å²) in [5, 5.41) is 0. The van der Waals surface area contributed by atoms with Gasteiger partial charge in [-0.15, -0.1) is 0 Å². The zero-order valence-electron chi connectivity index (χ0n) is 11.1. The molecule has 1 atom stereocenters. The molecule has 0 radical (unpaired) electrons. The van der Waals surface area contributed by atoms with Crippen LogP contribution in [-0.4, -0.2) is 22.0 Å². The minimum Gasteiger partial charge on any atom is -0.483 e. The molecule has 0 aliphatic rings. The Morgan fingerprint density at radius 3 is 2.33 bits per heavy atom. The SMILES string of the molecule is COC(Cc1ccc(Br)cc1)=N[S@](=O)C(C)(C)C. The van der Waals surface area contributed by atoms with Crippen molar-refractivity contribution in [2.45, 2.75) is 31.9 Å². The smallest absolute Gasteiger partial charge is 0.201 e. The zero-order valence-corrected chi connectivity index (χ0v) is 13.5. The predicted molar refractivity (Wildman–Crippen MR) is 80.2 cm³/mol. The molecule has 0 bridgehead atoms. The number of hydrogen-bond acceptors (Lipinski definition) is 2. The highest BCUT2D eigenvalue weighted by Gasteiger charge is 2.20. The van der Waals surface area contributed by atoms with E-state index in [9.17, 15) is 4.21 Å². The lowest BCUT2D eigenvalue weighted by molar-refractivity contribution is 0.395. The van der Waals surface area contributed by atoms with Crippen LogP contribution in [-0.2, 0) is 22.1 Å². The third-order valence-electron chi connectivity index (χ3n) is 2.21. The van der Waals surface area contributed by atoms with Crippen molar-refractivity contribution in [3.8, 4) is 0 Å². The van der Waals surface area contributed by atoms with E-state index in [1.807, 2.05) is 45.0 Å². The summed E-state index contributed by atoms with van der Waals surface area (Å²) in [4.78, 5) is 0. The van der Waals surface area contributed by atoms with Crippen LogP contribution in [0.1, 0.15) is 26.3 Å². The molecule has 0 saturated heterocycles. The Balaban J connectivity index is 2.82. The third kappa shape index (κ3) is 4.90. The molecule has 0 fully saturated rings. The van der Waals surface area contributed by atoms with E-state index in [0.29, 0.717) is 12.3 Å². The largest absolute Gasteiger partial charge is 0.483 e. The second-order valence-electron chi connectivity index (χ2n) is 4.85. The predicted octanol–water partition coefficient (Wildman–Crippen LogP) is 3.50. The van der Waals surface area contributed by atoms with Crippen molar-refractivity contribution in [2.24, 2.45) is 4.40 Å². The molecule has 0 N–H and O–H groups in total. The molecule has 0 heterocycles. The van der Waals surface area contributed by atoms with Gasteiger partial charge in [-0.1, -0.05) is 28.1 Å². The van der Waals surface area contributed by atoms with E-state index in [1.54, 1.807) is 7.11 Å². The number of methoxy groups -OCH3 is 1. The van der Waals surface area contributed by atoms with Crippen LogP contribution in [0.3, 0.4) is 0 Å². The lowest BCUT2D eigenvalue weighted by atomic mass is 10.1. The first kappa shape index (κ1) is 15.4. The minimum atomic E-state index is -1.29. The molecule has 0 aliphatic carbocycles. The van der Waals surface area contributed by atoms with Crippen LogP contribution in [0.4, 0.5) is 0 Å². The van der Waals surface area contributed by atoms with E-state index in [1.165, 1.54) is 0 Å². The van der Waals surface area contributed by atoms with Gasteiger partial charge in [0.25, 0.3) is 0 Å². The standard InChI is InChI=1S/C13H18BrNO2S/c1-13(2,3)18(16)15-12(17-4)9-10-5-7-11(14)8-6-10/h5-8H,9H2,1-4H3/t18-/m1/s1. The van der Waals surface area contributed by atoms with Gasteiger partial charge in [0.15, 0.2) is 0 Å². The molecule has 0 unspecified atom stereocenters. The number of halogens is 1.